The van der Waals surface area contributed by atoms with Gasteiger partial charge in [-0.3, -0.25) is 9.69 Å². The highest BCUT2D eigenvalue weighted by molar-refractivity contribution is 8.27. The molecular formula is C19H15NO4S2. The minimum Gasteiger partial charge on any atom is -0.493 e. The van der Waals surface area contributed by atoms with Gasteiger partial charge in [0.2, 0.25) is 0 Å². The summed E-state index contributed by atoms with van der Waals surface area (Å²) in [7, 11) is 0. The van der Waals surface area contributed by atoms with Gasteiger partial charge in [-0.1, -0.05) is 48.2 Å². The van der Waals surface area contributed by atoms with Crippen LogP contribution < -0.4 is 9.64 Å². The molecule has 0 aliphatic carbocycles. The molecular weight excluding hydrogens is 370 g/mol. The molecule has 2 aromatic rings. The van der Waals surface area contributed by atoms with Crippen LogP contribution in [0, 0.1) is 0 Å². The van der Waals surface area contributed by atoms with Crippen molar-refractivity contribution in [3.8, 4) is 5.75 Å². The number of aromatic carboxylic acids is 1. The van der Waals surface area contributed by atoms with Gasteiger partial charge in [0.15, 0.2) is 4.32 Å². The lowest BCUT2D eigenvalue weighted by atomic mass is 10.1. The Morgan fingerprint density at radius 2 is 2.04 bits per heavy atom. The van der Waals surface area contributed by atoms with Gasteiger partial charge in [0, 0.05) is 5.56 Å². The van der Waals surface area contributed by atoms with E-state index in [1.165, 1.54) is 28.8 Å². The van der Waals surface area contributed by atoms with E-state index < -0.39 is 5.97 Å². The number of carboxylic acids is 1. The normalized spacial score (nSPS) is 15.6. The van der Waals surface area contributed by atoms with Crippen LogP contribution >= 0.6 is 24.0 Å². The minimum atomic E-state index is -1.06. The number of carbonyl (C=O) groups excluding carboxylic acids is 1. The number of amides is 1. The van der Waals surface area contributed by atoms with E-state index in [9.17, 15) is 9.59 Å². The Hall–Kier alpha value is -2.64. The maximum atomic E-state index is 12.8. The molecule has 3 rings (SSSR count). The van der Waals surface area contributed by atoms with Gasteiger partial charge in [0.25, 0.3) is 5.91 Å². The zero-order chi connectivity index (χ0) is 18.7. The van der Waals surface area contributed by atoms with E-state index >= 15 is 0 Å². The van der Waals surface area contributed by atoms with E-state index in [0.29, 0.717) is 27.3 Å². The Bertz CT molecular complexity index is 923. The zero-order valence-electron chi connectivity index (χ0n) is 13.8. The first-order valence-corrected chi connectivity index (χ1v) is 9.07. The fourth-order valence-electron chi connectivity index (χ4n) is 2.50. The first-order chi connectivity index (χ1) is 12.5. The number of hydrogen-bond donors (Lipinski definition) is 1. The smallest absolute Gasteiger partial charge is 0.335 e. The molecule has 1 saturated heterocycles. The summed E-state index contributed by atoms with van der Waals surface area (Å²) in [4.78, 5) is 25.8. The fraction of sp³-hybridized carbons (Fsp3) is 0.105. The van der Waals surface area contributed by atoms with E-state index in [2.05, 4.69) is 0 Å². The van der Waals surface area contributed by atoms with E-state index in [1.807, 2.05) is 31.2 Å². The maximum absolute atomic E-state index is 12.8. The molecule has 0 atom stereocenters. The van der Waals surface area contributed by atoms with Crippen molar-refractivity contribution in [3.05, 3.63) is 64.6 Å². The Labute approximate surface area is 160 Å². The van der Waals surface area contributed by atoms with E-state index in [4.69, 9.17) is 22.1 Å². The van der Waals surface area contributed by atoms with Crippen LogP contribution in [0.1, 0.15) is 22.8 Å². The second kappa shape index (κ2) is 7.72. The predicted molar refractivity (Wildman–Crippen MR) is 107 cm³/mol. The summed E-state index contributed by atoms with van der Waals surface area (Å²) in [6.45, 7) is 2.42. The predicted octanol–water partition coefficient (Wildman–Crippen LogP) is 4.19. The molecule has 0 spiro atoms. The SMILES string of the molecule is CCOc1ccccc1C=C1SC(=S)N(c2cccc(C(=O)O)c2)C1=O. The molecule has 1 aliphatic rings. The molecule has 0 radical (unpaired) electrons. The Morgan fingerprint density at radius 1 is 1.27 bits per heavy atom. The lowest BCUT2D eigenvalue weighted by Crippen LogP contribution is -2.27. The zero-order valence-corrected chi connectivity index (χ0v) is 15.5. The Balaban J connectivity index is 1.95. The van der Waals surface area contributed by atoms with Gasteiger partial charge in [-0.25, -0.2) is 4.79 Å². The van der Waals surface area contributed by atoms with Crippen LogP contribution in [-0.4, -0.2) is 27.9 Å². The highest BCUT2D eigenvalue weighted by Crippen LogP contribution is 2.37. The number of anilines is 1. The molecule has 1 heterocycles. The van der Waals surface area contributed by atoms with E-state index in [-0.39, 0.29) is 11.5 Å². The summed E-state index contributed by atoms with van der Waals surface area (Å²) in [6.07, 6.45) is 1.74. The number of thiocarbonyl (C=S) groups is 1. The number of hydrogen-bond acceptors (Lipinski definition) is 5. The molecule has 132 valence electrons. The van der Waals surface area contributed by atoms with Crippen LogP contribution in [-0.2, 0) is 4.79 Å². The van der Waals surface area contributed by atoms with Gasteiger partial charge in [-0.15, -0.1) is 0 Å². The Morgan fingerprint density at radius 3 is 2.77 bits per heavy atom. The number of carbonyl (C=O) groups is 2. The standard InChI is InChI=1S/C19H15NO4S2/c1-2-24-15-9-4-3-6-12(15)11-16-17(21)20(19(25)26-16)14-8-5-7-13(10-14)18(22)23/h3-11H,2H2,1H3,(H,22,23). The van der Waals surface area contributed by atoms with Gasteiger partial charge in [-0.05, 0) is 37.3 Å². The average molecular weight is 385 g/mol. The molecule has 0 bridgehead atoms. The molecule has 0 unspecified atom stereocenters. The third kappa shape index (κ3) is 3.63. The molecule has 1 amide bonds. The molecule has 1 N–H and O–H groups in total. The van der Waals surface area contributed by atoms with Crippen LogP contribution in [0.25, 0.3) is 6.08 Å². The van der Waals surface area contributed by atoms with Crippen molar-refractivity contribution in [3.63, 3.8) is 0 Å². The monoisotopic (exact) mass is 385 g/mol. The van der Waals surface area contributed by atoms with Crippen LogP contribution in [0.4, 0.5) is 5.69 Å². The number of thioether (sulfide) groups is 1. The molecule has 1 fully saturated rings. The number of rotatable bonds is 5. The summed E-state index contributed by atoms with van der Waals surface area (Å²) >= 11 is 6.51. The minimum absolute atomic E-state index is 0.0993. The lowest BCUT2D eigenvalue weighted by Gasteiger charge is -2.14. The van der Waals surface area contributed by atoms with Crippen LogP contribution in [0.15, 0.2) is 53.4 Å². The van der Waals surface area contributed by atoms with Gasteiger partial charge in [0.1, 0.15) is 5.75 Å². The van der Waals surface area contributed by atoms with Gasteiger partial charge < -0.3 is 9.84 Å². The number of nitrogens with zero attached hydrogens (tertiary/aromatic N) is 1. The van der Waals surface area contributed by atoms with Gasteiger partial charge in [0.05, 0.1) is 22.8 Å². The van der Waals surface area contributed by atoms with Crippen molar-refractivity contribution < 1.29 is 19.4 Å². The van der Waals surface area contributed by atoms with Crippen molar-refractivity contribution in [1.82, 2.24) is 0 Å². The second-order valence-corrected chi connectivity index (χ2v) is 7.02. The highest BCUT2D eigenvalue weighted by Gasteiger charge is 2.33. The highest BCUT2D eigenvalue weighted by atomic mass is 32.2. The summed E-state index contributed by atoms with van der Waals surface area (Å²) in [6, 6.07) is 13.6. The first-order valence-electron chi connectivity index (χ1n) is 7.84. The Kier molecular flexibility index (Phi) is 5.39. The van der Waals surface area contributed by atoms with Crippen molar-refractivity contribution >= 4 is 51.9 Å². The molecule has 7 heteroatoms. The molecule has 0 saturated carbocycles. The van der Waals surface area contributed by atoms with E-state index in [0.717, 1.165) is 5.56 Å². The average Bonchev–Trinajstić information content (AvgIpc) is 2.90. The first kappa shape index (κ1) is 18.2. The summed E-state index contributed by atoms with van der Waals surface area (Å²) in [5.41, 5.74) is 1.32. The van der Waals surface area contributed by atoms with Crippen molar-refractivity contribution in [2.75, 3.05) is 11.5 Å². The van der Waals surface area contributed by atoms with E-state index in [1.54, 1.807) is 18.2 Å². The van der Waals surface area contributed by atoms with Gasteiger partial charge >= 0.3 is 5.97 Å². The van der Waals surface area contributed by atoms with Gasteiger partial charge in [-0.2, -0.15) is 0 Å². The second-order valence-electron chi connectivity index (χ2n) is 5.34. The summed E-state index contributed by atoms with van der Waals surface area (Å²) in [5, 5.41) is 9.14. The molecule has 0 aromatic heterocycles. The number of carboxylic acid groups (broad SMARTS) is 1. The van der Waals surface area contributed by atoms with Crippen LogP contribution in [0.3, 0.4) is 0 Å². The van der Waals surface area contributed by atoms with Crippen molar-refractivity contribution in [1.29, 1.82) is 0 Å². The molecule has 1 aliphatic heterocycles. The summed E-state index contributed by atoms with van der Waals surface area (Å²) in [5.74, 6) is -0.652. The lowest BCUT2D eigenvalue weighted by molar-refractivity contribution is -0.113. The maximum Gasteiger partial charge on any atom is 0.335 e. The van der Waals surface area contributed by atoms with Crippen LogP contribution in [0.5, 0.6) is 5.75 Å². The quantitative estimate of drug-likeness (QED) is 0.615. The molecule has 26 heavy (non-hydrogen) atoms. The van der Waals surface area contributed by atoms with Crippen molar-refractivity contribution in [2.24, 2.45) is 0 Å². The number of ether oxygens (including phenoxy) is 1. The van der Waals surface area contributed by atoms with Crippen molar-refractivity contribution in [2.45, 2.75) is 6.92 Å². The molecule has 2 aromatic carbocycles. The number of para-hydroxylation sites is 1. The topological polar surface area (TPSA) is 66.8 Å². The number of benzene rings is 2. The molecule has 5 nitrogen and oxygen atoms in total. The summed E-state index contributed by atoms with van der Waals surface area (Å²) < 4.78 is 5.95. The third-order valence-electron chi connectivity index (χ3n) is 3.65. The fourth-order valence-corrected chi connectivity index (χ4v) is 3.79. The van der Waals surface area contributed by atoms with Crippen LogP contribution in [0.2, 0.25) is 0 Å². The largest absolute Gasteiger partial charge is 0.493 e. The third-order valence-corrected chi connectivity index (χ3v) is 4.95.